The molecule has 0 heterocycles. The van der Waals surface area contributed by atoms with Crippen LogP contribution in [0, 0.1) is 6.92 Å². The third-order valence-electron chi connectivity index (χ3n) is 1.88. The maximum Gasteiger partial charge on any atom is 0.0521 e. The first-order valence-corrected chi connectivity index (χ1v) is 3.85. The highest BCUT2D eigenvalue weighted by molar-refractivity contribution is 5.32. The van der Waals surface area contributed by atoms with E-state index in [9.17, 15) is 0 Å². The standard InChI is InChI=1S/C10H12O2/c1-8-4-2-3-5-10(8)9(6-11)7-12/h1-5,9,11-12H,6-7H2. The molecule has 0 aromatic heterocycles. The number of benzene rings is 1. The monoisotopic (exact) mass is 164 g/mol. The summed E-state index contributed by atoms with van der Waals surface area (Å²) in [4.78, 5) is 0. The van der Waals surface area contributed by atoms with Crippen LogP contribution in [0.5, 0.6) is 0 Å². The molecule has 2 N–H and O–H groups in total. The number of hydrogen-bond acceptors (Lipinski definition) is 2. The van der Waals surface area contributed by atoms with Gasteiger partial charge in [-0.1, -0.05) is 24.3 Å². The van der Waals surface area contributed by atoms with Gasteiger partial charge < -0.3 is 10.2 Å². The van der Waals surface area contributed by atoms with Crippen LogP contribution in [0.2, 0.25) is 0 Å². The Hall–Kier alpha value is -0.860. The van der Waals surface area contributed by atoms with Crippen LogP contribution < -0.4 is 0 Å². The van der Waals surface area contributed by atoms with Crippen LogP contribution in [0.3, 0.4) is 0 Å². The minimum atomic E-state index is -0.258. The normalized spacial score (nSPS) is 10.7. The molecule has 0 aliphatic rings. The van der Waals surface area contributed by atoms with Gasteiger partial charge in [-0.2, -0.15) is 0 Å². The summed E-state index contributed by atoms with van der Waals surface area (Å²) < 4.78 is 0. The summed E-state index contributed by atoms with van der Waals surface area (Å²) >= 11 is 0. The fourth-order valence-corrected chi connectivity index (χ4v) is 1.14. The summed E-state index contributed by atoms with van der Waals surface area (Å²) in [5.74, 6) is -0.258. The molecule has 2 heteroatoms. The quantitative estimate of drug-likeness (QED) is 0.694. The number of hydrogen-bond donors (Lipinski definition) is 2. The second-order valence-electron chi connectivity index (χ2n) is 2.69. The Balaban J connectivity index is 2.92. The second kappa shape index (κ2) is 4.24. The summed E-state index contributed by atoms with van der Waals surface area (Å²) in [7, 11) is 0. The van der Waals surface area contributed by atoms with Crippen molar-refractivity contribution in [2.45, 2.75) is 5.92 Å². The second-order valence-corrected chi connectivity index (χ2v) is 2.69. The van der Waals surface area contributed by atoms with Gasteiger partial charge in [0, 0.05) is 5.92 Å². The molecule has 0 fully saturated rings. The largest absolute Gasteiger partial charge is 0.396 e. The highest BCUT2D eigenvalue weighted by atomic mass is 16.3. The lowest BCUT2D eigenvalue weighted by Gasteiger charge is -2.13. The Morgan fingerprint density at radius 1 is 1.17 bits per heavy atom. The molecule has 0 aliphatic carbocycles. The first-order chi connectivity index (χ1) is 5.79. The van der Waals surface area contributed by atoms with Crippen LogP contribution in [0.25, 0.3) is 0 Å². The van der Waals surface area contributed by atoms with Gasteiger partial charge in [0.05, 0.1) is 13.2 Å². The first kappa shape index (κ1) is 9.23. The van der Waals surface area contributed by atoms with Crippen LogP contribution in [0.4, 0.5) is 0 Å². The molecule has 2 radical (unpaired) electrons. The lowest BCUT2D eigenvalue weighted by atomic mass is 9.96. The minimum absolute atomic E-state index is 0.0787. The van der Waals surface area contributed by atoms with Crippen molar-refractivity contribution < 1.29 is 10.2 Å². The highest BCUT2D eigenvalue weighted by Gasteiger charge is 2.10. The van der Waals surface area contributed by atoms with Crippen molar-refractivity contribution in [1.82, 2.24) is 0 Å². The third kappa shape index (κ3) is 1.84. The van der Waals surface area contributed by atoms with Gasteiger partial charge in [-0.25, -0.2) is 0 Å². The fourth-order valence-electron chi connectivity index (χ4n) is 1.14. The molecule has 1 rings (SSSR count). The molecule has 0 atom stereocenters. The number of aliphatic hydroxyl groups excluding tert-OH is 2. The van der Waals surface area contributed by atoms with Gasteiger partial charge >= 0.3 is 0 Å². The van der Waals surface area contributed by atoms with Gasteiger partial charge in [-0.15, -0.1) is 0 Å². The predicted octanol–water partition coefficient (Wildman–Crippen LogP) is 0.814. The molecule has 64 valence electrons. The summed E-state index contributed by atoms with van der Waals surface area (Å²) in [6, 6.07) is 7.23. The Morgan fingerprint density at radius 3 is 2.25 bits per heavy atom. The van der Waals surface area contributed by atoms with E-state index in [1.807, 2.05) is 18.2 Å². The van der Waals surface area contributed by atoms with Crippen molar-refractivity contribution in [2.24, 2.45) is 0 Å². The average Bonchev–Trinajstić information content (AvgIpc) is 2.10. The van der Waals surface area contributed by atoms with E-state index in [-0.39, 0.29) is 19.1 Å². The van der Waals surface area contributed by atoms with E-state index in [0.717, 1.165) is 5.56 Å². The minimum Gasteiger partial charge on any atom is -0.396 e. The Morgan fingerprint density at radius 2 is 1.75 bits per heavy atom. The lowest BCUT2D eigenvalue weighted by Crippen LogP contribution is -2.09. The molecule has 0 saturated carbocycles. The Kier molecular flexibility index (Phi) is 3.26. The summed E-state index contributed by atoms with van der Waals surface area (Å²) in [6.07, 6.45) is 0. The molecule has 0 aliphatic heterocycles. The SMILES string of the molecule is [CH]c1ccccc1C(CO)CO. The molecule has 12 heavy (non-hydrogen) atoms. The van der Waals surface area contributed by atoms with Crippen molar-refractivity contribution in [2.75, 3.05) is 13.2 Å². The van der Waals surface area contributed by atoms with Crippen molar-refractivity contribution in [3.05, 3.63) is 42.3 Å². The maximum absolute atomic E-state index is 8.89. The molecule has 0 bridgehead atoms. The Bertz CT molecular complexity index is 241. The highest BCUT2D eigenvalue weighted by Crippen LogP contribution is 2.18. The molecular formula is C10H12O2. The number of aliphatic hydroxyl groups is 2. The molecule has 0 spiro atoms. The molecule has 2 nitrogen and oxygen atoms in total. The lowest BCUT2D eigenvalue weighted by molar-refractivity contribution is 0.192. The van der Waals surface area contributed by atoms with E-state index < -0.39 is 0 Å². The molecule has 0 amide bonds. The average molecular weight is 164 g/mol. The molecular weight excluding hydrogens is 152 g/mol. The first-order valence-electron chi connectivity index (χ1n) is 3.85. The summed E-state index contributed by atoms with van der Waals surface area (Å²) in [5, 5.41) is 17.8. The van der Waals surface area contributed by atoms with E-state index in [1.54, 1.807) is 6.07 Å². The predicted molar refractivity (Wildman–Crippen MR) is 46.8 cm³/mol. The summed E-state index contributed by atoms with van der Waals surface area (Å²) in [5.41, 5.74) is 1.42. The van der Waals surface area contributed by atoms with Crippen LogP contribution in [-0.4, -0.2) is 23.4 Å². The van der Waals surface area contributed by atoms with Gasteiger partial charge in [0.15, 0.2) is 0 Å². The zero-order chi connectivity index (χ0) is 8.97. The maximum atomic E-state index is 8.89. The van der Waals surface area contributed by atoms with Gasteiger partial charge in [0.2, 0.25) is 0 Å². The van der Waals surface area contributed by atoms with E-state index in [2.05, 4.69) is 0 Å². The Labute approximate surface area is 72.5 Å². The van der Waals surface area contributed by atoms with Gasteiger partial charge in [-0.05, 0) is 18.1 Å². The van der Waals surface area contributed by atoms with E-state index in [4.69, 9.17) is 17.1 Å². The zero-order valence-corrected chi connectivity index (χ0v) is 6.77. The molecule has 1 aromatic carbocycles. The van der Waals surface area contributed by atoms with Crippen molar-refractivity contribution in [3.63, 3.8) is 0 Å². The van der Waals surface area contributed by atoms with Crippen molar-refractivity contribution in [3.8, 4) is 0 Å². The van der Waals surface area contributed by atoms with Crippen LogP contribution in [0.1, 0.15) is 17.0 Å². The van der Waals surface area contributed by atoms with Gasteiger partial charge in [0.1, 0.15) is 0 Å². The smallest absolute Gasteiger partial charge is 0.0521 e. The van der Waals surface area contributed by atoms with E-state index in [1.165, 1.54) is 0 Å². The van der Waals surface area contributed by atoms with Gasteiger partial charge in [0.25, 0.3) is 0 Å². The van der Waals surface area contributed by atoms with Crippen molar-refractivity contribution >= 4 is 0 Å². The molecule has 0 unspecified atom stereocenters. The fraction of sp³-hybridized carbons (Fsp3) is 0.300. The van der Waals surface area contributed by atoms with E-state index >= 15 is 0 Å². The van der Waals surface area contributed by atoms with Gasteiger partial charge in [-0.3, -0.25) is 0 Å². The van der Waals surface area contributed by atoms with Crippen LogP contribution >= 0.6 is 0 Å². The van der Waals surface area contributed by atoms with Crippen LogP contribution in [-0.2, 0) is 0 Å². The molecule has 1 aromatic rings. The van der Waals surface area contributed by atoms with Crippen molar-refractivity contribution in [1.29, 1.82) is 0 Å². The number of rotatable bonds is 3. The molecule has 0 saturated heterocycles. The topological polar surface area (TPSA) is 40.5 Å². The van der Waals surface area contributed by atoms with E-state index in [0.29, 0.717) is 5.56 Å². The zero-order valence-electron chi connectivity index (χ0n) is 6.77. The summed E-state index contributed by atoms with van der Waals surface area (Å²) in [6.45, 7) is 5.49. The van der Waals surface area contributed by atoms with Crippen LogP contribution in [0.15, 0.2) is 24.3 Å². The third-order valence-corrected chi connectivity index (χ3v) is 1.88.